The molecular weight excluding hydrogens is 288 g/mol. The number of hydrogen-bond acceptors (Lipinski definition) is 3. The molecule has 23 heavy (non-hydrogen) atoms. The van der Waals surface area contributed by atoms with Gasteiger partial charge in [-0.15, -0.1) is 0 Å². The van der Waals surface area contributed by atoms with Crippen LogP contribution in [-0.2, 0) is 15.8 Å². The van der Waals surface area contributed by atoms with Gasteiger partial charge in [-0.3, -0.25) is 0 Å². The molecule has 0 bridgehead atoms. The lowest BCUT2D eigenvalue weighted by Crippen LogP contribution is -2.50. The third-order valence-corrected chi connectivity index (χ3v) is 6.44. The van der Waals surface area contributed by atoms with E-state index in [-0.39, 0.29) is 16.7 Å². The van der Waals surface area contributed by atoms with Crippen molar-refractivity contribution in [2.75, 3.05) is 0 Å². The highest BCUT2D eigenvalue weighted by Gasteiger charge is 2.53. The van der Waals surface area contributed by atoms with Gasteiger partial charge in [0.2, 0.25) is 0 Å². The summed E-state index contributed by atoms with van der Waals surface area (Å²) in [5.74, 6) is 0.164. The summed E-state index contributed by atoms with van der Waals surface area (Å²) in [7, 11) is 0. The van der Waals surface area contributed by atoms with Crippen LogP contribution in [0.2, 0.25) is 0 Å². The van der Waals surface area contributed by atoms with Crippen LogP contribution in [0.1, 0.15) is 76.2 Å². The maximum absolute atomic E-state index is 11.8. The maximum Gasteiger partial charge on any atom is 0.126 e. The smallest absolute Gasteiger partial charge is 0.126 e. The lowest BCUT2D eigenvalue weighted by Gasteiger charge is -2.54. The molecule has 3 heteroatoms. The largest absolute Gasteiger partial charge is 0.388 e. The number of rotatable bonds is 2. The van der Waals surface area contributed by atoms with Crippen LogP contribution in [0.15, 0.2) is 18.2 Å². The molecule has 1 saturated carbocycles. The van der Waals surface area contributed by atoms with E-state index >= 15 is 0 Å². The van der Waals surface area contributed by atoms with Crippen molar-refractivity contribution >= 4 is 6.29 Å². The lowest BCUT2D eigenvalue weighted by molar-refractivity contribution is -0.124. The molecule has 3 nitrogen and oxygen atoms in total. The van der Waals surface area contributed by atoms with Gasteiger partial charge in [-0.2, -0.15) is 0 Å². The minimum absolute atomic E-state index is 0.0827. The second-order valence-electron chi connectivity index (χ2n) is 8.56. The van der Waals surface area contributed by atoms with E-state index in [1.807, 2.05) is 19.1 Å². The summed E-state index contributed by atoms with van der Waals surface area (Å²) in [4.78, 5) is 11.8. The fraction of sp³-hybridized carbons (Fsp3) is 0.650. The molecule has 0 aromatic heterocycles. The number of aliphatic hydroxyl groups excluding tert-OH is 1. The maximum atomic E-state index is 11.8. The van der Waals surface area contributed by atoms with Crippen molar-refractivity contribution in [3.8, 4) is 0 Å². The van der Waals surface area contributed by atoms with Crippen LogP contribution in [0.4, 0.5) is 0 Å². The van der Waals surface area contributed by atoms with Gasteiger partial charge in [0.1, 0.15) is 6.29 Å². The third-order valence-electron chi connectivity index (χ3n) is 6.44. The summed E-state index contributed by atoms with van der Waals surface area (Å²) in [5.41, 5.74) is 1.55. The Hall–Kier alpha value is -1.19. The zero-order valence-electron chi connectivity index (χ0n) is 14.6. The molecule has 126 valence electrons. The molecule has 0 amide bonds. The first kappa shape index (κ1) is 16.7. The number of carbonyl (C=O) groups excluding carboxylic acids is 1. The zero-order valence-corrected chi connectivity index (χ0v) is 14.6. The van der Waals surface area contributed by atoms with Gasteiger partial charge in [-0.05, 0) is 61.1 Å². The molecule has 0 saturated heterocycles. The summed E-state index contributed by atoms with van der Waals surface area (Å²) < 4.78 is 0. The minimum Gasteiger partial charge on any atom is -0.388 e. The van der Waals surface area contributed by atoms with E-state index in [0.29, 0.717) is 6.42 Å². The molecule has 0 radical (unpaired) electrons. The van der Waals surface area contributed by atoms with Crippen LogP contribution in [-0.4, -0.2) is 16.5 Å². The molecule has 4 unspecified atom stereocenters. The highest BCUT2D eigenvalue weighted by molar-refractivity contribution is 5.61. The first-order valence-corrected chi connectivity index (χ1v) is 8.63. The van der Waals surface area contributed by atoms with E-state index in [0.717, 1.165) is 42.2 Å². The van der Waals surface area contributed by atoms with E-state index in [4.69, 9.17) is 0 Å². The van der Waals surface area contributed by atoms with E-state index in [9.17, 15) is 15.0 Å². The van der Waals surface area contributed by atoms with Crippen molar-refractivity contribution in [1.82, 2.24) is 0 Å². The van der Waals surface area contributed by atoms with Crippen LogP contribution in [0.5, 0.6) is 0 Å². The SMILES string of the molecule is CC(C)(O)c1ccc2c(c1)C(O)CC1C(C)(C=O)CCCC21C. The number of fused-ring (bicyclic) bond motifs is 3. The van der Waals surface area contributed by atoms with Crippen molar-refractivity contribution < 1.29 is 15.0 Å². The average molecular weight is 316 g/mol. The molecule has 0 aliphatic heterocycles. The van der Waals surface area contributed by atoms with Crippen molar-refractivity contribution in [3.05, 3.63) is 34.9 Å². The topological polar surface area (TPSA) is 57.5 Å². The standard InChI is InChI=1S/C20H28O3/c1-18(2,23)13-6-7-15-14(10-13)16(22)11-17-19(3,12-21)8-5-9-20(15,17)4/h6-7,10,12,16-17,22-23H,5,8-9,11H2,1-4H3. The summed E-state index contributed by atoms with van der Waals surface area (Å²) in [6, 6.07) is 5.98. The van der Waals surface area contributed by atoms with Gasteiger partial charge in [-0.1, -0.05) is 38.5 Å². The van der Waals surface area contributed by atoms with Gasteiger partial charge in [0.05, 0.1) is 11.7 Å². The lowest BCUT2D eigenvalue weighted by atomic mass is 9.49. The van der Waals surface area contributed by atoms with E-state index in [1.165, 1.54) is 0 Å². The van der Waals surface area contributed by atoms with Crippen LogP contribution in [0.3, 0.4) is 0 Å². The number of carbonyl (C=O) groups is 1. The normalized spacial score (nSPS) is 37.0. The highest BCUT2D eigenvalue weighted by Crippen LogP contribution is 2.58. The Morgan fingerprint density at radius 1 is 1.26 bits per heavy atom. The first-order chi connectivity index (χ1) is 10.6. The molecule has 2 aliphatic carbocycles. The van der Waals surface area contributed by atoms with E-state index < -0.39 is 11.7 Å². The predicted molar refractivity (Wildman–Crippen MR) is 90.1 cm³/mol. The second kappa shape index (κ2) is 5.15. The Kier molecular flexibility index (Phi) is 3.73. The van der Waals surface area contributed by atoms with E-state index in [1.54, 1.807) is 13.8 Å². The fourth-order valence-corrected chi connectivity index (χ4v) is 4.99. The number of aliphatic hydroxyl groups is 2. The molecule has 1 aromatic rings. The third kappa shape index (κ3) is 2.45. The van der Waals surface area contributed by atoms with Gasteiger partial charge in [0.15, 0.2) is 0 Å². The Morgan fingerprint density at radius 2 is 1.96 bits per heavy atom. The molecule has 1 aromatic carbocycles. The minimum atomic E-state index is -0.920. The van der Waals surface area contributed by atoms with Crippen LogP contribution in [0, 0.1) is 11.3 Å². The Balaban J connectivity index is 2.14. The van der Waals surface area contributed by atoms with Gasteiger partial charge < -0.3 is 15.0 Å². The van der Waals surface area contributed by atoms with Gasteiger partial charge in [0.25, 0.3) is 0 Å². The number of hydrogen-bond donors (Lipinski definition) is 2. The van der Waals surface area contributed by atoms with Crippen LogP contribution in [0.25, 0.3) is 0 Å². The van der Waals surface area contributed by atoms with Crippen molar-refractivity contribution in [3.63, 3.8) is 0 Å². The Morgan fingerprint density at radius 3 is 2.57 bits per heavy atom. The number of benzene rings is 1. The Labute approximate surface area is 138 Å². The van der Waals surface area contributed by atoms with E-state index in [2.05, 4.69) is 13.0 Å². The Bertz CT molecular complexity index is 630. The average Bonchev–Trinajstić information content (AvgIpc) is 2.49. The van der Waals surface area contributed by atoms with Crippen molar-refractivity contribution in [1.29, 1.82) is 0 Å². The molecule has 4 atom stereocenters. The molecule has 0 heterocycles. The quantitative estimate of drug-likeness (QED) is 0.819. The summed E-state index contributed by atoms with van der Waals surface area (Å²) in [5, 5.41) is 21.0. The zero-order chi connectivity index (χ0) is 17.0. The molecule has 0 spiro atoms. The predicted octanol–water partition coefficient (Wildman–Crippen LogP) is 3.61. The van der Waals surface area contributed by atoms with Gasteiger partial charge >= 0.3 is 0 Å². The monoisotopic (exact) mass is 316 g/mol. The molecular formula is C20H28O3. The van der Waals surface area contributed by atoms with Crippen molar-refractivity contribution in [2.24, 2.45) is 11.3 Å². The fourth-order valence-electron chi connectivity index (χ4n) is 4.99. The molecule has 3 rings (SSSR count). The first-order valence-electron chi connectivity index (χ1n) is 8.63. The summed E-state index contributed by atoms with van der Waals surface area (Å²) >= 11 is 0. The van der Waals surface area contributed by atoms with Crippen LogP contribution < -0.4 is 0 Å². The molecule has 2 N–H and O–H groups in total. The van der Waals surface area contributed by atoms with Crippen molar-refractivity contribution in [2.45, 2.75) is 70.5 Å². The summed E-state index contributed by atoms with van der Waals surface area (Å²) in [6.45, 7) is 7.81. The highest BCUT2D eigenvalue weighted by atomic mass is 16.3. The van der Waals surface area contributed by atoms with Crippen LogP contribution >= 0.6 is 0 Å². The number of aldehydes is 1. The molecule has 1 fully saturated rings. The molecule has 2 aliphatic rings. The van der Waals surface area contributed by atoms with Gasteiger partial charge in [0, 0.05) is 5.41 Å². The summed E-state index contributed by atoms with van der Waals surface area (Å²) in [6.07, 6.45) is 4.14. The second-order valence-corrected chi connectivity index (χ2v) is 8.56. The van der Waals surface area contributed by atoms with Gasteiger partial charge in [-0.25, -0.2) is 0 Å².